The van der Waals surface area contributed by atoms with Crippen molar-refractivity contribution >= 4 is 17.6 Å². The Hall–Kier alpha value is -2.83. The number of rotatable bonds is 2. The maximum atomic E-state index is 13.1. The van der Waals surface area contributed by atoms with Crippen molar-refractivity contribution in [3.05, 3.63) is 46.3 Å². The fourth-order valence-corrected chi connectivity index (χ4v) is 4.21. The van der Waals surface area contributed by atoms with Crippen LogP contribution in [0.2, 0.25) is 0 Å². The van der Waals surface area contributed by atoms with Gasteiger partial charge in [0.2, 0.25) is 0 Å². The molecule has 0 atom stereocenters. The average Bonchev–Trinajstić information content (AvgIpc) is 3.07. The summed E-state index contributed by atoms with van der Waals surface area (Å²) in [4.78, 5) is 29.6. The first-order valence-corrected chi connectivity index (χ1v) is 10.4. The van der Waals surface area contributed by atoms with E-state index in [-0.39, 0.29) is 11.9 Å². The molecule has 0 radical (unpaired) electrons. The molecule has 4 rings (SSSR count). The number of amides is 3. The number of urea groups is 1. The van der Waals surface area contributed by atoms with Gasteiger partial charge < -0.3 is 15.1 Å². The molecule has 29 heavy (non-hydrogen) atoms. The van der Waals surface area contributed by atoms with Gasteiger partial charge in [-0.15, -0.1) is 0 Å². The molecule has 2 aliphatic heterocycles. The molecule has 1 aromatic carbocycles. The van der Waals surface area contributed by atoms with Gasteiger partial charge in [0.25, 0.3) is 5.91 Å². The minimum Gasteiger partial charge on any atom is -0.337 e. The SMILES string of the molecule is Cc1ccc(NC(=O)N2CCc3c(c(C(=O)N4CCCCC4)nn3C)C2)cc1C. The number of nitrogens with one attached hydrogen (secondary N) is 1. The highest BCUT2D eigenvalue weighted by atomic mass is 16.2. The molecule has 1 N–H and O–H groups in total. The lowest BCUT2D eigenvalue weighted by Gasteiger charge is -2.29. The highest BCUT2D eigenvalue weighted by Crippen LogP contribution is 2.25. The van der Waals surface area contributed by atoms with E-state index in [1.165, 1.54) is 12.0 Å². The Balaban J connectivity index is 1.51. The van der Waals surface area contributed by atoms with Crippen LogP contribution in [-0.2, 0) is 20.0 Å². The summed E-state index contributed by atoms with van der Waals surface area (Å²) in [6.45, 7) is 6.69. The van der Waals surface area contributed by atoms with E-state index in [4.69, 9.17) is 0 Å². The molecule has 3 amide bonds. The van der Waals surface area contributed by atoms with Gasteiger partial charge in [-0.1, -0.05) is 6.07 Å². The van der Waals surface area contributed by atoms with Crippen LogP contribution < -0.4 is 5.32 Å². The van der Waals surface area contributed by atoms with E-state index in [0.717, 1.165) is 48.4 Å². The van der Waals surface area contributed by atoms with Gasteiger partial charge in [0.1, 0.15) is 0 Å². The second-order valence-corrected chi connectivity index (χ2v) is 8.15. The number of fused-ring (bicyclic) bond motifs is 1. The average molecular weight is 396 g/mol. The molecule has 1 aromatic heterocycles. The summed E-state index contributed by atoms with van der Waals surface area (Å²) in [5, 5.41) is 7.53. The van der Waals surface area contributed by atoms with Crippen molar-refractivity contribution in [2.75, 3.05) is 25.0 Å². The van der Waals surface area contributed by atoms with Crippen molar-refractivity contribution in [2.24, 2.45) is 7.05 Å². The Morgan fingerprint density at radius 2 is 1.76 bits per heavy atom. The third-order valence-corrected chi connectivity index (χ3v) is 6.13. The molecule has 2 aromatic rings. The summed E-state index contributed by atoms with van der Waals surface area (Å²) < 4.78 is 1.81. The van der Waals surface area contributed by atoms with E-state index in [0.29, 0.717) is 25.2 Å². The Morgan fingerprint density at radius 3 is 2.48 bits per heavy atom. The van der Waals surface area contributed by atoms with Crippen molar-refractivity contribution in [3.8, 4) is 0 Å². The molecule has 0 unspecified atom stereocenters. The standard InChI is InChI=1S/C22H29N5O2/c1-15-7-8-17(13-16(15)2)23-22(29)27-12-9-19-18(14-27)20(24-25(19)3)21(28)26-10-5-4-6-11-26/h7-8,13H,4-6,9-12,14H2,1-3H3,(H,23,29). The zero-order chi connectivity index (χ0) is 20.5. The second kappa shape index (κ2) is 7.89. The fraction of sp³-hybridized carbons (Fsp3) is 0.500. The lowest BCUT2D eigenvalue weighted by Crippen LogP contribution is -2.40. The molecule has 1 saturated heterocycles. The molecule has 3 heterocycles. The third-order valence-electron chi connectivity index (χ3n) is 6.13. The highest BCUT2D eigenvalue weighted by molar-refractivity contribution is 5.95. The monoisotopic (exact) mass is 395 g/mol. The van der Waals surface area contributed by atoms with Gasteiger partial charge in [-0.25, -0.2) is 4.79 Å². The zero-order valence-electron chi connectivity index (χ0n) is 17.5. The molecule has 154 valence electrons. The minimum atomic E-state index is -0.140. The summed E-state index contributed by atoms with van der Waals surface area (Å²) >= 11 is 0. The zero-order valence-corrected chi connectivity index (χ0v) is 17.5. The Bertz CT molecular complexity index is 943. The van der Waals surface area contributed by atoms with E-state index >= 15 is 0 Å². The first kappa shape index (κ1) is 19.5. The number of piperidine rings is 1. The lowest BCUT2D eigenvalue weighted by atomic mass is 10.0. The van der Waals surface area contributed by atoms with E-state index in [2.05, 4.69) is 17.3 Å². The van der Waals surface area contributed by atoms with Gasteiger partial charge in [0, 0.05) is 50.0 Å². The predicted molar refractivity (Wildman–Crippen MR) is 112 cm³/mol. The van der Waals surface area contributed by atoms with Crippen LogP contribution in [0.5, 0.6) is 0 Å². The molecular formula is C22H29N5O2. The summed E-state index contributed by atoms with van der Waals surface area (Å²) in [7, 11) is 1.89. The van der Waals surface area contributed by atoms with E-state index in [1.54, 1.807) is 4.90 Å². The second-order valence-electron chi connectivity index (χ2n) is 8.15. The molecule has 0 spiro atoms. The number of nitrogens with zero attached hydrogens (tertiary/aromatic N) is 4. The Kier molecular flexibility index (Phi) is 5.30. The maximum absolute atomic E-state index is 13.1. The number of carbonyl (C=O) groups excluding carboxylic acids is 2. The normalized spacial score (nSPS) is 16.5. The lowest BCUT2D eigenvalue weighted by molar-refractivity contribution is 0.0715. The van der Waals surface area contributed by atoms with E-state index in [1.807, 2.05) is 41.8 Å². The third kappa shape index (κ3) is 3.86. The van der Waals surface area contributed by atoms with Gasteiger partial charge >= 0.3 is 6.03 Å². The number of benzene rings is 1. The maximum Gasteiger partial charge on any atom is 0.322 e. The predicted octanol–water partition coefficient (Wildman–Crippen LogP) is 3.25. The van der Waals surface area contributed by atoms with Crippen LogP contribution in [0.15, 0.2) is 18.2 Å². The van der Waals surface area contributed by atoms with E-state index < -0.39 is 0 Å². The number of likely N-dealkylation sites (tertiary alicyclic amines) is 1. The summed E-state index contributed by atoms with van der Waals surface area (Å²) in [5.74, 6) is -0.00188. The number of carbonyl (C=O) groups is 2. The van der Waals surface area contributed by atoms with Gasteiger partial charge in [0.15, 0.2) is 5.69 Å². The molecule has 7 heteroatoms. The topological polar surface area (TPSA) is 70.5 Å². The Morgan fingerprint density at radius 1 is 1.00 bits per heavy atom. The van der Waals surface area contributed by atoms with Crippen molar-refractivity contribution < 1.29 is 9.59 Å². The van der Waals surface area contributed by atoms with Gasteiger partial charge in [0.05, 0.1) is 6.54 Å². The summed E-state index contributed by atoms with van der Waals surface area (Å²) in [6.07, 6.45) is 3.97. The van der Waals surface area contributed by atoms with Crippen molar-refractivity contribution in [2.45, 2.75) is 46.1 Å². The highest BCUT2D eigenvalue weighted by Gasteiger charge is 2.31. The van der Waals surface area contributed by atoms with Crippen LogP contribution in [0.4, 0.5) is 10.5 Å². The summed E-state index contributed by atoms with van der Waals surface area (Å²) in [5.41, 5.74) is 5.59. The van der Waals surface area contributed by atoms with Crippen LogP contribution in [0.3, 0.4) is 0 Å². The quantitative estimate of drug-likeness (QED) is 0.849. The number of hydrogen-bond donors (Lipinski definition) is 1. The summed E-state index contributed by atoms with van der Waals surface area (Å²) in [6, 6.07) is 5.78. The molecule has 7 nitrogen and oxygen atoms in total. The molecular weight excluding hydrogens is 366 g/mol. The first-order valence-electron chi connectivity index (χ1n) is 10.4. The number of anilines is 1. The van der Waals surface area contributed by atoms with Crippen LogP contribution in [0.1, 0.15) is 52.1 Å². The van der Waals surface area contributed by atoms with Crippen LogP contribution in [-0.4, -0.2) is 51.2 Å². The molecule has 0 saturated carbocycles. The van der Waals surface area contributed by atoms with Gasteiger partial charge in [-0.3, -0.25) is 9.48 Å². The number of hydrogen-bond acceptors (Lipinski definition) is 3. The number of aromatic nitrogens is 2. The van der Waals surface area contributed by atoms with Crippen molar-refractivity contribution in [3.63, 3.8) is 0 Å². The molecule has 0 aliphatic carbocycles. The number of aryl methyl sites for hydroxylation is 3. The molecule has 0 bridgehead atoms. The van der Waals surface area contributed by atoms with Crippen LogP contribution in [0.25, 0.3) is 0 Å². The molecule has 1 fully saturated rings. The first-order chi connectivity index (χ1) is 13.9. The Labute approximate surface area is 171 Å². The van der Waals surface area contributed by atoms with Gasteiger partial charge in [-0.05, 0) is 56.4 Å². The minimum absolute atomic E-state index is 0.00188. The smallest absolute Gasteiger partial charge is 0.322 e. The largest absolute Gasteiger partial charge is 0.337 e. The molecule has 2 aliphatic rings. The van der Waals surface area contributed by atoms with Gasteiger partial charge in [-0.2, -0.15) is 5.10 Å². The van der Waals surface area contributed by atoms with Crippen LogP contribution in [0, 0.1) is 13.8 Å². The van der Waals surface area contributed by atoms with Crippen LogP contribution >= 0.6 is 0 Å². The van der Waals surface area contributed by atoms with E-state index in [9.17, 15) is 9.59 Å². The van der Waals surface area contributed by atoms with Crippen molar-refractivity contribution in [1.82, 2.24) is 19.6 Å². The van der Waals surface area contributed by atoms with Crippen molar-refractivity contribution in [1.29, 1.82) is 0 Å². The fourth-order valence-electron chi connectivity index (χ4n) is 4.21.